The van der Waals surface area contributed by atoms with E-state index in [-0.39, 0.29) is 36.5 Å². The van der Waals surface area contributed by atoms with Gasteiger partial charge in [0.1, 0.15) is 5.01 Å². The van der Waals surface area contributed by atoms with Gasteiger partial charge in [-0.1, -0.05) is 6.07 Å². The lowest BCUT2D eigenvalue weighted by Gasteiger charge is -2.23. The number of aromatic carboxylic acids is 1. The number of rotatable bonds is 5. The molecule has 9 heteroatoms. The van der Waals surface area contributed by atoms with Crippen LogP contribution in [0.15, 0.2) is 22.9 Å². The molecule has 2 amide bonds. The molecule has 2 aromatic heterocycles. The number of carbonyl (C=O) groups is 3. The molecule has 1 aliphatic rings. The Morgan fingerprint density at radius 3 is 2.88 bits per heavy atom. The SMILES string of the molecule is CN1C(=O)CC(C(=O)NCc2nc(C(=O)O)cs2)C1c1cccs1. The number of nitrogens with zero attached hydrogens (tertiary/aromatic N) is 2. The summed E-state index contributed by atoms with van der Waals surface area (Å²) in [7, 11) is 1.71. The topological polar surface area (TPSA) is 99.6 Å². The van der Waals surface area contributed by atoms with Crippen LogP contribution < -0.4 is 5.32 Å². The molecule has 0 saturated carbocycles. The zero-order chi connectivity index (χ0) is 17.3. The number of carboxylic acids is 1. The molecule has 1 aliphatic heterocycles. The lowest BCUT2D eigenvalue weighted by molar-refractivity contribution is -0.128. The van der Waals surface area contributed by atoms with E-state index in [9.17, 15) is 14.4 Å². The number of thiophene rings is 1. The van der Waals surface area contributed by atoms with Gasteiger partial charge in [-0.25, -0.2) is 9.78 Å². The normalized spacial score (nSPS) is 20.4. The number of likely N-dealkylation sites (tertiary alicyclic amines) is 1. The molecule has 3 heterocycles. The second kappa shape index (κ2) is 6.70. The molecule has 126 valence electrons. The van der Waals surface area contributed by atoms with Crippen molar-refractivity contribution in [1.82, 2.24) is 15.2 Å². The summed E-state index contributed by atoms with van der Waals surface area (Å²) in [6, 6.07) is 3.56. The quantitative estimate of drug-likeness (QED) is 0.841. The van der Waals surface area contributed by atoms with Gasteiger partial charge >= 0.3 is 5.97 Å². The number of aromatic nitrogens is 1. The van der Waals surface area contributed by atoms with E-state index in [0.717, 1.165) is 4.88 Å². The van der Waals surface area contributed by atoms with Gasteiger partial charge in [0.25, 0.3) is 0 Å². The van der Waals surface area contributed by atoms with Crippen molar-refractivity contribution in [1.29, 1.82) is 0 Å². The van der Waals surface area contributed by atoms with Crippen LogP contribution in [0.3, 0.4) is 0 Å². The first kappa shape index (κ1) is 16.6. The molecule has 0 radical (unpaired) electrons. The summed E-state index contributed by atoms with van der Waals surface area (Å²) in [6.07, 6.45) is 0.170. The number of carboxylic acid groups (broad SMARTS) is 1. The maximum Gasteiger partial charge on any atom is 0.355 e. The van der Waals surface area contributed by atoms with Gasteiger partial charge in [0.15, 0.2) is 5.69 Å². The fourth-order valence-corrected chi connectivity index (χ4v) is 4.38. The summed E-state index contributed by atoms with van der Waals surface area (Å²) in [5.41, 5.74) is -0.0310. The van der Waals surface area contributed by atoms with E-state index < -0.39 is 11.9 Å². The van der Waals surface area contributed by atoms with Crippen molar-refractivity contribution >= 4 is 40.5 Å². The first-order valence-electron chi connectivity index (χ1n) is 7.22. The van der Waals surface area contributed by atoms with E-state index in [4.69, 9.17) is 5.11 Å². The predicted molar refractivity (Wildman–Crippen MR) is 88.9 cm³/mol. The first-order chi connectivity index (χ1) is 11.5. The maximum atomic E-state index is 12.5. The highest BCUT2D eigenvalue weighted by atomic mass is 32.1. The van der Waals surface area contributed by atoms with E-state index in [1.54, 1.807) is 11.9 Å². The van der Waals surface area contributed by atoms with E-state index in [0.29, 0.717) is 5.01 Å². The van der Waals surface area contributed by atoms with Gasteiger partial charge in [-0.2, -0.15) is 0 Å². The minimum atomic E-state index is -1.09. The zero-order valence-electron chi connectivity index (χ0n) is 12.8. The number of amides is 2. The molecule has 2 aromatic rings. The van der Waals surface area contributed by atoms with Gasteiger partial charge in [-0.3, -0.25) is 9.59 Å². The Balaban J connectivity index is 1.69. The molecule has 3 rings (SSSR count). The van der Waals surface area contributed by atoms with Crippen LogP contribution in [0, 0.1) is 5.92 Å². The predicted octanol–water partition coefficient (Wildman–Crippen LogP) is 1.74. The van der Waals surface area contributed by atoms with E-state index >= 15 is 0 Å². The van der Waals surface area contributed by atoms with Crippen molar-refractivity contribution < 1.29 is 19.5 Å². The molecule has 7 nitrogen and oxygen atoms in total. The van der Waals surface area contributed by atoms with Crippen LogP contribution in [-0.4, -0.2) is 39.8 Å². The average molecular weight is 365 g/mol. The van der Waals surface area contributed by atoms with Crippen molar-refractivity contribution in [3.8, 4) is 0 Å². The summed E-state index contributed by atoms with van der Waals surface area (Å²) in [5.74, 6) is -1.83. The number of hydrogen-bond donors (Lipinski definition) is 2. The Labute approximate surface area is 145 Å². The van der Waals surface area contributed by atoms with Crippen LogP contribution in [0.25, 0.3) is 0 Å². The highest BCUT2D eigenvalue weighted by molar-refractivity contribution is 7.10. The van der Waals surface area contributed by atoms with Crippen molar-refractivity contribution in [3.63, 3.8) is 0 Å². The van der Waals surface area contributed by atoms with Gasteiger partial charge in [-0.05, 0) is 11.4 Å². The third-order valence-electron chi connectivity index (χ3n) is 3.94. The highest BCUT2D eigenvalue weighted by Gasteiger charge is 2.43. The molecule has 2 atom stereocenters. The molecule has 0 bridgehead atoms. The van der Waals surface area contributed by atoms with Crippen LogP contribution in [0.5, 0.6) is 0 Å². The Hall–Kier alpha value is -2.26. The fourth-order valence-electron chi connectivity index (χ4n) is 2.74. The van der Waals surface area contributed by atoms with Gasteiger partial charge in [0, 0.05) is 23.7 Å². The molecule has 2 N–H and O–H groups in total. The third kappa shape index (κ3) is 3.17. The lowest BCUT2D eigenvalue weighted by atomic mass is 9.98. The van der Waals surface area contributed by atoms with Gasteiger partial charge in [0.2, 0.25) is 11.8 Å². The molecule has 0 aromatic carbocycles. The van der Waals surface area contributed by atoms with E-state index in [1.807, 2.05) is 17.5 Å². The van der Waals surface area contributed by atoms with Crippen molar-refractivity contribution in [2.75, 3.05) is 7.05 Å². The molecular formula is C15H15N3O4S2. The Morgan fingerprint density at radius 1 is 1.46 bits per heavy atom. The Kier molecular flexibility index (Phi) is 4.63. The second-order valence-electron chi connectivity index (χ2n) is 5.42. The fraction of sp³-hybridized carbons (Fsp3) is 0.333. The Morgan fingerprint density at radius 2 is 2.25 bits per heavy atom. The maximum absolute atomic E-state index is 12.5. The summed E-state index contributed by atoms with van der Waals surface area (Å²) in [5, 5.41) is 15.5. The smallest absolute Gasteiger partial charge is 0.355 e. The number of carbonyl (C=O) groups excluding carboxylic acids is 2. The van der Waals surface area contributed by atoms with Gasteiger partial charge in [-0.15, -0.1) is 22.7 Å². The summed E-state index contributed by atoms with van der Waals surface area (Å²) < 4.78 is 0. The number of hydrogen-bond acceptors (Lipinski definition) is 6. The third-order valence-corrected chi connectivity index (χ3v) is 5.73. The molecule has 0 spiro atoms. The standard InChI is InChI=1S/C15H15N3O4S2/c1-18-12(19)5-8(13(18)10-3-2-4-23-10)14(20)16-6-11-17-9(7-24-11)15(21)22/h2-4,7-8,13H,5-6H2,1H3,(H,16,20)(H,21,22). The molecule has 2 unspecified atom stereocenters. The molecule has 0 aliphatic carbocycles. The molecular weight excluding hydrogens is 350 g/mol. The first-order valence-corrected chi connectivity index (χ1v) is 8.97. The Bertz CT molecular complexity index is 772. The zero-order valence-corrected chi connectivity index (χ0v) is 14.4. The lowest BCUT2D eigenvalue weighted by Crippen LogP contribution is -2.33. The van der Waals surface area contributed by atoms with Crippen LogP contribution in [0.4, 0.5) is 0 Å². The van der Waals surface area contributed by atoms with Crippen LogP contribution >= 0.6 is 22.7 Å². The van der Waals surface area contributed by atoms with E-state index in [1.165, 1.54) is 28.1 Å². The minimum absolute atomic E-state index is 0.0310. The van der Waals surface area contributed by atoms with E-state index in [2.05, 4.69) is 10.3 Å². The molecule has 24 heavy (non-hydrogen) atoms. The van der Waals surface area contributed by atoms with Gasteiger partial charge in [0.05, 0.1) is 18.5 Å². The average Bonchev–Trinajstić information content (AvgIpc) is 3.26. The second-order valence-corrected chi connectivity index (χ2v) is 7.35. The minimum Gasteiger partial charge on any atom is -0.476 e. The van der Waals surface area contributed by atoms with Crippen LogP contribution in [0.2, 0.25) is 0 Å². The van der Waals surface area contributed by atoms with Crippen molar-refractivity contribution in [2.24, 2.45) is 5.92 Å². The summed E-state index contributed by atoms with van der Waals surface area (Å²) in [6.45, 7) is 0.155. The summed E-state index contributed by atoms with van der Waals surface area (Å²) in [4.78, 5) is 41.9. The summed E-state index contributed by atoms with van der Waals surface area (Å²) >= 11 is 2.70. The van der Waals surface area contributed by atoms with Crippen LogP contribution in [-0.2, 0) is 16.1 Å². The van der Waals surface area contributed by atoms with Crippen LogP contribution in [0.1, 0.15) is 32.8 Å². The number of nitrogens with one attached hydrogen (secondary N) is 1. The largest absolute Gasteiger partial charge is 0.476 e. The highest BCUT2D eigenvalue weighted by Crippen LogP contribution is 2.39. The molecule has 1 fully saturated rings. The molecule has 1 saturated heterocycles. The van der Waals surface area contributed by atoms with Crippen molar-refractivity contribution in [2.45, 2.75) is 19.0 Å². The number of thiazole rings is 1. The van der Waals surface area contributed by atoms with Crippen molar-refractivity contribution in [3.05, 3.63) is 38.5 Å². The van der Waals surface area contributed by atoms with Gasteiger partial charge < -0.3 is 15.3 Å². The monoisotopic (exact) mass is 365 g/mol.